The minimum atomic E-state index is 0. The van der Waals surface area contributed by atoms with Crippen molar-refractivity contribution < 1.29 is 37.2 Å². The summed E-state index contributed by atoms with van der Waals surface area (Å²) in [4.78, 5) is 1.96. The van der Waals surface area contributed by atoms with Gasteiger partial charge in [-0.2, -0.15) is 0 Å². The summed E-state index contributed by atoms with van der Waals surface area (Å²) in [5.41, 5.74) is 0.800. The summed E-state index contributed by atoms with van der Waals surface area (Å²) in [5, 5.41) is 5.02. The first-order chi connectivity index (χ1) is 6.86. The Morgan fingerprint density at radius 2 is 1.81 bits per heavy atom. The van der Waals surface area contributed by atoms with Crippen LogP contribution in [0.5, 0.6) is 0 Å². The van der Waals surface area contributed by atoms with Crippen molar-refractivity contribution in [1.82, 2.24) is 5.16 Å². The van der Waals surface area contributed by atoms with E-state index >= 15 is 0 Å². The van der Waals surface area contributed by atoms with Gasteiger partial charge in [0.1, 0.15) is 0 Å². The fraction of sp³-hybridized carbons (Fsp3) is 0.167. The summed E-state index contributed by atoms with van der Waals surface area (Å²) in [6.07, 6.45) is 0. The van der Waals surface area contributed by atoms with Crippen molar-refractivity contribution in [2.24, 2.45) is 0 Å². The number of rotatable bonds is 3. The summed E-state index contributed by atoms with van der Waals surface area (Å²) in [6.45, 7) is 8.93. The fourth-order valence-corrected chi connectivity index (χ4v) is 1.42. The molecule has 0 aliphatic rings. The molecule has 0 atom stereocenters. The minimum Gasteiger partial charge on any atom is -0.413 e. The number of benzene rings is 1. The Bertz CT molecular complexity index is 424. The molecule has 3 nitrogen and oxygen atoms in total. The number of fused-ring (bicyclic) bond motifs is 1. The Balaban J connectivity index is 0.00000112. The summed E-state index contributed by atoms with van der Waals surface area (Å²) in [7, 11) is 0. The van der Waals surface area contributed by atoms with Crippen LogP contribution < -0.4 is 4.90 Å². The standard InChI is InChI=1S/C11H12N2O.CH3.Y/c1-3-13(4-2)11-9-7-5-6-8-10(9)14-12-11;;/h5-8H,1-4H2;1H3;/q-2;-1;+3. The molecule has 0 bridgehead atoms. The third-order valence-corrected chi connectivity index (χ3v) is 2.20. The molecule has 0 radical (unpaired) electrons. The predicted molar refractivity (Wildman–Crippen MR) is 63.4 cm³/mol. The average molecular weight is 292 g/mol. The van der Waals surface area contributed by atoms with E-state index in [4.69, 9.17) is 4.52 Å². The van der Waals surface area contributed by atoms with E-state index in [9.17, 15) is 0 Å². The second-order valence-electron chi connectivity index (χ2n) is 2.99. The second-order valence-corrected chi connectivity index (χ2v) is 2.99. The van der Waals surface area contributed by atoms with E-state index in [1.807, 2.05) is 29.2 Å². The van der Waals surface area contributed by atoms with Crippen LogP contribution in [0.1, 0.15) is 0 Å². The molecule has 1 heterocycles. The molecule has 0 unspecified atom stereocenters. The number of aromatic nitrogens is 1. The zero-order chi connectivity index (χ0) is 9.97. The Morgan fingerprint density at radius 1 is 1.19 bits per heavy atom. The van der Waals surface area contributed by atoms with Gasteiger partial charge < -0.3 is 30.7 Å². The summed E-state index contributed by atoms with van der Waals surface area (Å²) in [6, 6.07) is 7.78. The van der Waals surface area contributed by atoms with Gasteiger partial charge in [-0.05, 0) is 12.1 Å². The van der Waals surface area contributed by atoms with E-state index in [1.165, 1.54) is 0 Å². The maximum absolute atomic E-state index is 5.19. The zero-order valence-corrected chi connectivity index (χ0v) is 12.4. The second kappa shape index (κ2) is 7.02. The van der Waals surface area contributed by atoms with Gasteiger partial charge in [0.25, 0.3) is 0 Å². The molecule has 4 heteroatoms. The third kappa shape index (κ3) is 2.83. The van der Waals surface area contributed by atoms with Gasteiger partial charge in [-0.3, -0.25) is 0 Å². The average Bonchev–Trinajstić information content (AvgIpc) is 2.65. The van der Waals surface area contributed by atoms with Crippen LogP contribution >= 0.6 is 0 Å². The molecule has 0 fully saturated rings. The van der Waals surface area contributed by atoms with E-state index in [0.29, 0.717) is 13.1 Å². The maximum Gasteiger partial charge on any atom is 3.00 e. The van der Waals surface area contributed by atoms with Crippen molar-refractivity contribution in [3.8, 4) is 0 Å². The van der Waals surface area contributed by atoms with Crippen LogP contribution in [0.25, 0.3) is 11.0 Å². The van der Waals surface area contributed by atoms with Crippen molar-refractivity contribution in [1.29, 1.82) is 0 Å². The van der Waals surface area contributed by atoms with Crippen molar-refractivity contribution in [3.63, 3.8) is 0 Å². The van der Waals surface area contributed by atoms with Gasteiger partial charge in [0, 0.05) is 0 Å². The molecule has 2 aromatic rings. The van der Waals surface area contributed by atoms with Crippen LogP contribution in [0, 0.1) is 21.3 Å². The molecule has 0 saturated carbocycles. The van der Waals surface area contributed by atoms with E-state index in [-0.39, 0.29) is 40.1 Å². The minimum absolute atomic E-state index is 0. The molecule has 16 heavy (non-hydrogen) atoms. The smallest absolute Gasteiger partial charge is 0.413 e. The summed E-state index contributed by atoms with van der Waals surface area (Å²) in [5.74, 6) is 0.825. The monoisotopic (exact) mass is 292 g/mol. The van der Waals surface area contributed by atoms with Gasteiger partial charge in [0.15, 0.2) is 11.4 Å². The molecule has 0 aliphatic heterocycles. The van der Waals surface area contributed by atoms with Crippen LogP contribution in [0.3, 0.4) is 0 Å². The Labute approximate surface area is 122 Å². The third-order valence-electron chi connectivity index (χ3n) is 2.20. The molecule has 1 aromatic heterocycles. The molecule has 0 spiro atoms. The molecule has 2 rings (SSSR count). The van der Waals surface area contributed by atoms with Crippen LogP contribution in [0.15, 0.2) is 28.8 Å². The predicted octanol–water partition coefficient (Wildman–Crippen LogP) is 2.75. The molecule has 0 amide bonds. The van der Waals surface area contributed by atoms with Crippen LogP contribution in [0.2, 0.25) is 0 Å². The molecule has 1 aromatic carbocycles. The van der Waals surface area contributed by atoms with Crippen LogP contribution in [-0.4, -0.2) is 18.2 Å². The van der Waals surface area contributed by atoms with Gasteiger partial charge in [-0.1, -0.05) is 17.3 Å². The van der Waals surface area contributed by atoms with E-state index < -0.39 is 0 Å². The van der Waals surface area contributed by atoms with Gasteiger partial charge in [0.2, 0.25) is 0 Å². The van der Waals surface area contributed by atoms with E-state index in [2.05, 4.69) is 19.0 Å². The fourth-order valence-electron chi connectivity index (χ4n) is 1.42. The number of nitrogens with zero attached hydrogens (tertiary/aromatic N) is 2. The first-order valence-corrected chi connectivity index (χ1v) is 4.54. The van der Waals surface area contributed by atoms with Gasteiger partial charge in [-0.15, -0.1) is 13.1 Å². The quantitative estimate of drug-likeness (QED) is 0.815. The summed E-state index contributed by atoms with van der Waals surface area (Å²) >= 11 is 0. The van der Waals surface area contributed by atoms with Crippen molar-refractivity contribution in [2.45, 2.75) is 0 Å². The van der Waals surface area contributed by atoms with Crippen LogP contribution in [-0.2, 0) is 32.7 Å². The maximum atomic E-state index is 5.19. The van der Waals surface area contributed by atoms with E-state index in [0.717, 1.165) is 16.8 Å². The number of anilines is 1. The largest absolute Gasteiger partial charge is 3.00 e. The molecule has 0 aliphatic carbocycles. The molecule has 0 saturated heterocycles. The Kier molecular flexibility index (Phi) is 6.85. The number of hydrogen-bond donors (Lipinski definition) is 0. The SMILES string of the molecule is [CH2-]CN(C[CH2-])c1noc2ccccc12.[CH3-].[Y+3]. The van der Waals surface area contributed by atoms with Crippen molar-refractivity contribution >= 4 is 16.8 Å². The normalized spacial score (nSPS) is 9.38. The van der Waals surface area contributed by atoms with Crippen LogP contribution in [0.4, 0.5) is 5.82 Å². The Hall–Kier alpha value is -0.406. The van der Waals surface area contributed by atoms with E-state index in [1.54, 1.807) is 0 Å². The zero-order valence-electron chi connectivity index (χ0n) is 9.52. The molecule has 0 N–H and O–H groups in total. The first-order valence-electron chi connectivity index (χ1n) is 4.54. The van der Waals surface area contributed by atoms with Crippen molar-refractivity contribution in [3.05, 3.63) is 45.5 Å². The Morgan fingerprint density at radius 3 is 2.44 bits per heavy atom. The summed E-state index contributed by atoms with van der Waals surface area (Å²) < 4.78 is 5.19. The van der Waals surface area contributed by atoms with Gasteiger partial charge in [0.05, 0.1) is 5.39 Å². The van der Waals surface area contributed by atoms with Crippen molar-refractivity contribution in [2.75, 3.05) is 18.0 Å². The first kappa shape index (κ1) is 15.6. The molecule has 82 valence electrons. The van der Waals surface area contributed by atoms with Gasteiger partial charge in [-0.25, -0.2) is 0 Å². The topological polar surface area (TPSA) is 29.3 Å². The number of hydrogen-bond acceptors (Lipinski definition) is 3. The van der Waals surface area contributed by atoms with Gasteiger partial charge >= 0.3 is 32.7 Å². The number of para-hydroxylation sites is 1. The molecular formula is C12H15N2OY. The molecular weight excluding hydrogens is 277 g/mol.